The summed E-state index contributed by atoms with van der Waals surface area (Å²) >= 11 is 0. The number of aromatic hydroxyl groups is 2. The van der Waals surface area contributed by atoms with Gasteiger partial charge in [-0.2, -0.15) is 0 Å². The molecule has 1 aromatic heterocycles. The number of nitrogens with one attached hydrogen (secondary N) is 1. The van der Waals surface area contributed by atoms with Gasteiger partial charge in [0.05, 0.1) is 16.5 Å². The quantitative estimate of drug-likeness (QED) is 0.547. The van der Waals surface area contributed by atoms with Gasteiger partial charge in [0.25, 0.3) is 0 Å². The number of ketones is 1. The molecule has 3 N–H and O–H groups in total. The third-order valence-electron chi connectivity index (χ3n) is 4.11. The summed E-state index contributed by atoms with van der Waals surface area (Å²) in [5.74, 6) is -0.00777. The van der Waals surface area contributed by atoms with Crippen molar-refractivity contribution in [2.24, 2.45) is 0 Å². The van der Waals surface area contributed by atoms with Crippen LogP contribution in [0.15, 0.2) is 24.3 Å². The van der Waals surface area contributed by atoms with Crippen LogP contribution in [0.2, 0.25) is 0 Å². The summed E-state index contributed by atoms with van der Waals surface area (Å²) < 4.78 is 0. The third kappa shape index (κ3) is 1.28. The van der Waals surface area contributed by atoms with Crippen LogP contribution < -0.4 is 0 Å². The van der Waals surface area contributed by atoms with Crippen LogP contribution in [-0.2, 0) is 6.42 Å². The van der Waals surface area contributed by atoms with E-state index in [-0.39, 0.29) is 22.8 Å². The van der Waals surface area contributed by atoms with Crippen molar-refractivity contribution in [2.45, 2.75) is 19.3 Å². The van der Waals surface area contributed by atoms with Crippen LogP contribution >= 0.6 is 0 Å². The lowest BCUT2D eigenvalue weighted by atomic mass is 9.87. The summed E-state index contributed by atoms with van der Waals surface area (Å²) in [4.78, 5) is 15.1. The number of H-pyrrole nitrogens is 1. The fourth-order valence-corrected chi connectivity index (χ4v) is 3.20. The number of aromatic nitrogens is 1. The Labute approximate surface area is 114 Å². The van der Waals surface area contributed by atoms with Crippen molar-refractivity contribution in [2.75, 3.05) is 0 Å². The van der Waals surface area contributed by atoms with E-state index in [1.807, 2.05) is 24.3 Å². The van der Waals surface area contributed by atoms with Crippen LogP contribution in [-0.4, -0.2) is 21.0 Å². The second-order valence-corrected chi connectivity index (χ2v) is 5.25. The second-order valence-electron chi connectivity index (χ2n) is 5.25. The number of phenolic OH excluding ortho intramolecular Hbond substituents is 2. The normalized spacial score (nSPS) is 14.9. The smallest absolute Gasteiger partial charge is 0.167 e. The van der Waals surface area contributed by atoms with Gasteiger partial charge in [-0.15, -0.1) is 0 Å². The number of carbonyl (C=O) groups excluding carboxylic acids is 1. The van der Waals surface area contributed by atoms with E-state index in [4.69, 9.17) is 0 Å². The number of fused-ring (bicyclic) bond motifs is 4. The summed E-state index contributed by atoms with van der Waals surface area (Å²) in [5.41, 5.74) is 2.14. The lowest BCUT2D eigenvalue weighted by Gasteiger charge is -2.18. The number of hydrogen-bond donors (Lipinski definition) is 3. The van der Waals surface area contributed by atoms with E-state index in [0.29, 0.717) is 35.7 Å². The van der Waals surface area contributed by atoms with Crippen molar-refractivity contribution >= 4 is 27.6 Å². The highest BCUT2D eigenvalue weighted by molar-refractivity contribution is 6.17. The molecule has 4 nitrogen and oxygen atoms in total. The Hall–Kier alpha value is -2.49. The van der Waals surface area contributed by atoms with E-state index >= 15 is 0 Å². The maximum atomic E-state index is 12.0. The lowest BCUT2D eigenvalue weighted by molar-refractivity contribution is 0.0969. The number of carbonyl (C=O) groups is 1. The number of phenols is 2. The van der Waals surface area contributed by atoms with Gasteiger partial charge in [0.2, 0.25) is 0 Å². The SMILES string of the molecule is O=C1CCCc2c1c(O)c1[nH]c3ccccc3c1c2O. The maximum Gasteiger partial charge on any atom is 0.167 e. The second kappa shape index (κ2) is 3.76. The molecular weight excluding hydrogens is 254 g/mol. The fraction of sp³-hybridized carbons (Fsp3) is 0.188. The molecule has 1 aliphatic rings. The molecule has 3 aromatic rings. The average Bonchev–Trinajstić information content (AvgIpc) is 2.84. The van der Waals surface area contributed by atoms with Crippen molar-refractivity contribution in [3.8, 4) is 11.5 Å². The summed E-state index contributed by atoms with van der Waals surface area (Å²) in [7, 11) is 0. The van der Waals surface area contributed by atoms with Crippen LogP contribution in [0.5, 0.6) is 11.5 Å². The Morgan fingerprint density at radius 3 is 2.70 bits per heavy atom. The molecule has 1 heterocycles. The number of aromatic amines is 1. The zero-order valence-corrected chi connectivity index (χ0v) is 10.7. The molecule has 0 fully saturated rings. The average molecular weight is 267 g/mol. The zero-order valence-electron chi connectivity index (χ0n) is 10.7. The van der Waals surface area contributed by atoms with Crippen LogP contribution in [0.1, 0.15) is 28.8 Å². The fourth-order valence-electron chi connectivity index (χ4n) is 3.20. The molecule has 2 aromatic carbocycles. The topological polar surface area (TPSA) is 73.3 Å². The summed E-state index contributed by atoms with van der Waals surface area (Å²) in [6.07, 6.45) is 1.76. The van der Waals surface area contributed by atoms with Crippen molar-refractivity contribution in [3.05, 3.63) is 35.4 Å². The van der Waals surface area contributed by atoms with Gasteiger partial charge in [-0.05, 0) is 18.9 Å². The van der Waals surface area contributed by atoms with Gasteiger partial charge in [-0.3, -0.25) is 4.79 Å². The summed E-state index contributed by atoms with van der Waals surface area (Å²) in [5, 5.41) is 22.4. The highest BCUT2D eigenvalue weighted by Crippen LogP contribution is 2.45. The molecule has 0 atom stereocenters. The third-order valence-corrected chi connectivity index (χ3v) is 4.11. The van der Waals surface area contributed by atoms with Crippen molar-refractivity contribution in [3.63, 3.8) is 0 Å². The Kier molecular flexibility index (Phi) is 2.13. The molecule has 0 saturated carbocycles. The first-order valence-corrected chi connectivity index (χ1v) is 6.69. The predicted molar refractivity (Wildman–Crippen MR) is 76.4 cm³/mol. The standard InChI is InChI=1S/C16H13NO3/c18-11-7-3-5-9-12(11)16(20)14-13(15(9)19)8-4-1-2-6-10(8)17-14/h1-2,4,6,17,19-20H,3,5,7H2. The number of hydrogen-bond acceptors (Lipinski definition) is 3. The van der Waals surface area contributed by atoms with E-state index < -0.39 is 0 Å². The molecule has 0 radical (unpaired) electrons. The van der Waals surface area contributed by atoms with Gasteiger partial charge < -0.3 is 15.2 Å². The molecule has 0 spiro atoms. The van der Waals surface area contributed by atoms with Gasteiger partial charge in [0, 0.05) is 22.9 Å². The minimum atomic E-state index is -0.0976. The van der Waals surface area contributed by atoms with E-state index in [1.165, 1.54) is 0 Å². The van der Waals surface area contributed by atoms with E-state index in [1.54, 1.807) is 0 Å². The molecule has 20 heavy (non-hydrogen) atoms. The number of Topliss-reactive ketones (excluding diaryl/α,β-unsaturated/α-hetero) is 1. The number of benzene rings is 2. The summed E-state index contributed by atoms with van der Waals surface area (Å²) in [6, 6.07) is 7.55. The van der Waals surface area contributed by atoms with E-state index in [9.17, 15) is 15.0 Å². The van der Waals surface area contributed by atoms with Gasteiger partial charge in [-0.25, -0.2) is 0 Å². The van der Waals surface area contributed by atoms with Crippen LogP contribution in [0.3, 0.4) is 0 Å². The van der Waals surface area contributed by atoms with E-state index in [2.05, 4.69) is 4.98 Å². The Balaban J connectivity index is 2.26. The maximum absolute atomic E-state index is 12.0. The molecule has 0 amide bonds. The highest BCUT2D eigenvalue weighted by Gasteiger charge is 2.28. The Bertz CT molecular complexity index is 876. The summed E-state index contributed by atoms with van der Waals surface area (Å²) in [6.45, 7) is 0. The molecular formula is C16H13NO3. The largest absolute Gasteiger partial charge is 0.507 e. The molecule has 4 heteroatoms. The van der Waals surface area contributed by atoms with Crippen LogP contribution in [0.25, 0.3) is 21.8 Å². The van der Waals surface area contributed by atoms with Gasteiger partial charge >= 0.3 is 0 Å². The first kappa shape index (κ1) is 11.3. The van der Waals surface area contributed by atoms with Gasteiger partial charge in [0.1, 0.15) is 5.75 Å². The molecule has 4 rings (SSSR count). The predicted octanol–water partition coefficient (Wildman–Crippen LogP) is 3.25. The first-order chi connectivity index (χ1) is 9.68. The van der Waals surface area contributed by atoms with Crippen molar-refractivity contribution < 1.29 is 15.0 Å². The minimum Gasteiger partial charge on any atom is -0.507 e. The first-order valence-electron chi connectivity index (χ1n) is 6.69. The molecule has 0 unspecified atom stereocenters. The lowest BCUT2D eigenvalue weighted by Crippen LogP contribution is -2.11. The molecule has 0 bridgehead atoms. The number of para-hydroxylation sites is 1. The number of rotatable bonds is 0. The molecule has 0 aliphatic heterocycles. The highest BCUT2D eigenvalue weighted by atomic mass is 16.3. The molecule has 1 aliphatic carbocycles. The molecule has 0 saturated heterocycles. The van der Waals surface area contributed by atoms with Crippen LogP contribution in [0, 0.1) is 0 Å². The zero-order chi connectivity index (χ0) is 13.9. The van der Waals surface area contributed by atoms with E-state index in [0.717, 1.165) is 10.9 Å². The van der Waals surface area contributed by atoms with Crippen molar-refractivity contribution in [1.82, 2.24) is 4.98 Å². The Morgan fingerprint density at radius 2 is 1.85 bits per heavy atom. The monoisotopic (exact) mass is 267 g/mol. The molecule has 100 valence electrons. The minimum absolute atomic E-state index is 0.0336. The Morgan fingerprint density at radius 1 is 1.05 bits per heavy atom. The van der Waals surface area contributed by atoms with Crippen molar-refractivity contribution in [1.29, 1.82) is 0 Å². The van der Waals surface area contributed by atoms with Crippen LogP contribution in [0.4, 0.5) is 0 Å². The van der Waals surface area contributed by atoms with Gasteiger partial charge in [0.15, 0.2) is 11.5 Å². The van der Waals surface area contributed by atoms with Gasteiger partial charge in [-0.1, -0.05) is 18.2 Å².